The molecule has 0 spiro atoms. The summed E-state index contributed by atoms with van der Waals surface area (Å²) >= 11 is 0. The molecule has 112 valence electrons. The maximum atomic E-state index is 11.5. The van der Waals surface area contributed by atoms with Crippen LogP contribution >= 0.6 is 0 Å². The third-order valence-electron chi connectivity index (χ3n) is 3.12. The second kappa shape index (κ2) is 6.41. The molecule has 0 atom stereocenters. The van der Waals surface area contributed by atoms with Crippen LogP contribution in [0, 0.1) is 13.8 Å². The lowest BCUT2D eigenvalue weighted by atomic mass is 10.2. The molecule has 2 rings (SSSR count). The first-order valence-corrected chi connectivity index (χ1v) is 6.74. The van der Waals surface area contributed by atoms with E-state index >= 15 is 0 Å². The molecule has 0 bridgehead atoms. The predicted molar refractivity (Wildman–Crippen MR) is 77.8 cm³/mol. The number of carbonyl (C=O) groups is 1. The Hall–Kier alpha value is -2.34. The van der Waals surface area contributed by atoms with Gasteiger partial charge in [0.2, 0.25) is 0 Å². The van der Waals surface area contributed by atoms with Crippen molar-refractivity contribution >= 4 is 5.91 Å². The molecule has 0 unspecified atom stereocenters. The highest BCUT2D eigenvalue weighted by molar-refractivity contribution is 5.94. The smallest absolute Gasteiger partial charge is 0.268 e. The average Bonchev–Trinajstić information content (AvgIpc) is 2.86. The topological polar surface area (TPSA) is 90.4 Å². The molecule has 0 radical (unpaired) electrons. The maximum Gasteiger partial charge on any atom is 0.268 e. The summed E-state index contributed by atoms with van der Waals surface area (Å²) in [6.07, 6.45) is 0.787. The second-order valence-corrected chi connectivity index (χ2v) is 4.70. The van der Waals surface area contributed by atoms with Crippen molar-refractivity contribution in [2.45, 2.75) is 33.8 Å². The van der Waals surface area contributed by atoms with Crippen molar-refractivity contribution in [3.8, 4) is 5.75 Å². The number of aromatic nitrogens is 1. The standard InChI is InChI=1S/C15H19N3O3/c1-4-13-14(6-5-9(2)17-13)20-8-11-7-12(10(3)21-11)15(19)18-16/h5-7H,4,8,16H2,1-3H3,(H,18,19). The highest BCUT2D eigenvalue weighted by Gasteiger charge is 2.14. The molecule has 2 aromatic heterocycles. The van der Waals surface area contributed by atoms with E-state index in [9.17, 15) is 4.79 Å². The molecular weight excluding hydrogens is 270 g/mol. The Morgan fingerprint density at radius 3 is 2.86 bits per heavy atom. The molecule has 0 saturated heterocycles. The number of hydrazine groups is 1. The van der Waals surface area contributed by atoms with Crippen molar-refractivity contribution in [3.05, 3.63) is 46.7 Å². The minimum atomic E-state index is -0.381. The van der Waals surface area contributed by atoms with Gasteiger partial charge < -0.3 is 9.15 Å². The summed E-state index contributed by atoms with van der Waals surface area (Å²) in [5, 5.41) is 0. The predicted octanol–water partition coefficient (Wildman–Crippen LogP) is 2.04. The summed E-state index contributed by atoms with van der Waals surface area (Å²) in [5.41, 5.74) is 4.35. The fourth-order valence-electron chi connectivity index (χ4n) is 2.05. The number of rotatable bonds is 5. The zero-order valence-electron chi connectivity index (χ0n) is 12.4. The molecule has 3 N–H and O–H groups in total. The van der Waals surface area contributed by atoms with Crippen LogP contribution in [0.5, 0.6) is 5.75 Å². The Bertz CT molecular complexity index is 650. The molecule has 0 aliphatic heterocycles. The number of furan rings is 1. The molecule has 1 amide bonds. The number of amides is 1. The van der Waals surface area contributed by atoms with Gasteiger partial charge in [-0.3, -0.25) is 15.2 Å². The van der Waals surface area contributed by atoms with Crippen molar-refractivity contribution in [3.63, 3.8) is 0 Å². The van der Waals surface area contributed by atoms with E-state index in [0.717, 1.165) is 23.6 Å². The van der Waals surface area contributed by atoms with Crippen LogP contribution in [-0.4, -0.2) is 10.9 Å². The van der Waals surface area contributed by atoms with Gasteiger partial charge in [0.05, 0.1) is 11.3 Å². The Morgan fingerprint density at radius 1 is 1.43 bits per heavy atom. The van der Waals surface area contributed by atoms with Crippen LogP contribution in [0.2, 0.25) is 0 Å². The largest absolute Gasteiger partial charge is 0.484 e. The van der Waals surface area contributed by atoms with E-state index in [2.05, 4.69) is 10.4 Å². The summed E-state index contributed by atoms with van der Waals surface area (Å²) in [6.45, 7) is 5.90. The molecule has 6 nitrogen and oxygen atoms in total. The summed E-state index contributed by atoms with van der Waals surface area (Å²) in [6, 6.07) is 5.42. The first-order chi connectivity index (χ1) is 10.0. The molecule has 0 aromatic carbocycles. The van der Waals surface area contributed by atoms with Gasteiger partial charge in [-0.2, -0.15) is 0 Å². The van der Waals surface area contributed by atoms with Gasteiger partial charge >= 0.3 is 0 Å². The number of hydrogen-bond donors (Lipinski definition) is 2. The third kappa shape index (κ3) is 3.41. The van der Waals surface area contributed by atoms with Gasteiger partial charge in [-0.15, -0.1) is 0 Å². The minimum Gasteiger partial charge on any atom is -0.484 e. The van der Waals surface area contributed by atoms with E-state index in [-0.39, 0.29) is 12.5 Å². The Balaban J connectivity index is 2.12. The van der Waals surface area contributed by atoms with Crippen molar-refractivity contribution in [2.75, 3.05) is 0 Å². The van der Waals surface area contributed by atoms with Crippen molar-refractivity contribution in [2.24, 2.45) is 5.84 Å². The van der Waals surface area contributed by atoms with E-state index < -0.39 is 0 Å². The van der Waals surface area contributed by atoms with Crippen LogP contribution in [0.25, 0.3) is 0 Å². The number of aryl methyl sites for hydroxylation is 3. The fraction of sp³-hybridized carbons (Fsp3) is 0.333. The van der Waals surface area contributed by atoms with Crippen LogP contribution in [0.4, 0.5) is 0 Å². The van der Waals surface area contributed by atoms with Crippen LogP contribution in [0.3, 0.4) is 0 Å². The summed E-state index contributed by atoms with van der Waals surface area (Å²) < 4.78 is 11.2. The first kappa shape index (κ1) is 15.1. The van der Waals surface area contributed by atoms with E-state index in [1.54, 1.807) is 13.0 Å². The Morgan fingerprint density at radius 2 is 2.19 bits per heavy atom. The van der Waals surface area contributed by atoms with Crippen LogP contribution < -0.4 is 16.0 Å². The Kier molecular flexibility index (Phi) is 4.59. The average molecular weight is 289 g/mol. The van der Waals surface area contributed by atoms with Gasteiger partial charge in [-0.05, 0) is 38.5 Å². The monoisotopic (exact) mass is 289 g/mol. The lowest BCUT2D eigenvalue weighted by Gasteiger charge is -2.09. The quantitative estimate of drug-likeness (QED) is 0.499. The zero-order chi connectivity index (χ0) is 15.4. The van der Waals surface area contributed by atoms with Crippen LogP contribution in [-0.2, 0) is 13.0 Å². The van der Waals surface area contributed by atoms with E-state index in [0.29, 0.717) is 17.1 Å². The van der Waals surface area contributed by atoms with Gasteiger partial charge in [0.1, 0.15) is 23.9 Å². The van der Waals surface area contributed by atoms with Crippen molar-refractivity contribution < 1.29 is 13.9 Å². The first-order valence-electron chi connectivity index (χ1n) is 6.74. The van der Waals surface area contributed by atoms with E-state index in [4.69, 9.17) is 15.0 Å². The van der Waals surface area contributed by atoms with Gasteiger partial charge in [0, 0.05) is 5.69 Å². The lowest BCUT2D eigenvalue weighted by Crippen LogP contribution is -2.30. The fourth-order valence-corrected chi connectivity index (χ4v) is 2.05. The molecule has 0 aliphatic rings. The molecule has 0 fully saturated rings. The molecule has 21 heavy (non-hydrogen) atoms. The van der Waals surface area contributed by atoms with Crippen LogP contribution in [0.15, 0.2) is 22.6 Å². The number of nitrogens with two attached hydrogens (primary N) is 1. The van der Waals surface area contributed by atoms with Gasteiger partial charge in [0.25, 0.3) is 5.91 Å². The number of ether oxygens (including phenoxy) is 1. The molecule has 2 heterocycles. The van der Waals surface area contributed by atoms with E-state index in [1.165, 1.54) is 0 Å². The van der Waals surface area contributed by atoms with Crippen molar-refractivity contribution in [1.82, 2.24) is 10.4 Å². The van der Waals surface area contributed by atoms with Gasteiger partial charge in [-0.25, -0.2) is 5.84 Å². The zero-order valence-corrected chi connectivity index (χ0v) is 12.4. The molecule has 0 saturated carbocycles. The summed E-state index contributed by atoms with van der Waals surface area (Å²) in [4.78, 5) is 15.9. The summed E-state index contributed by atoms with van der Waals surface area (Å²) in [5.74, 6) is 6.53. The second-order valence-electron chi connectivity index (χ2n) is 4.70. The molecule has 2 aromatic rings. The number of pyridine rings is 1. The highest BCUT2D eigenvalue weighted by Crippen LogP contribution is 2.21. The SMILES string of the molecule is CCc1nc(C)ccc1OCc1cc(C(=O)NN)c(C)o1. The van der Waals surface area contributed by atoms with Crippen LogP contribution in [0.1, 0.15) is 40.2 Å². The highest BCUT2D eigenvalue weighted by atomic mass is 16.5. The third-order valence-corrected chi connectivity index (χ3v) is 3.12. The minimum absolute atomic E-state index is 0.233. The number of nitrogen functional groups attached to an aromatic ring is 1. The number of carbonyl (C=O) groups excluding carboxylic acids is 1. The normalized spacial score (nSPS) is 10.5. The number of nitrogens with one attached hydrogen (secondary N) is 1. The summed E-state index contributed by atoms with van der Waals surface area (Å²) in [7, 11) is 0. The Labute approximate surface area is 123 Å². The lowest BCUT2D eigenvalue weighted by molar-refractivity contribution is 0.0952. The molecule has 0 aliphatic carbocycles. The maximum absolute atomic E-state index is 11.5. The van der Waals surface area contributed by atoms with Crippen molar-refractivity contribution in [1.29, 1.82) is 0 Å². The van der Waals surface area contributed by atoms with Gasteiger partial charge in [0.15, 0.2) is 0 Å². The molecule has 6 heteroatoms. The van der Waals surface area contributed by atoms with Gasteiger partial charge in [-0.1, -0.05) is 6.92 Å². The molecular formula is C15H19N3O3. The number of nitrogens with zero attached hydrogens (tertiary/aromatic N) is 1. The van der Waals surface area contributed by atoms with E-state index in [1.807, 2.05) is 26.0 Å². The number of hydrogen-bond acceptors (Lipinski definition) is 5.